The second-order valence-electron chi connectivity index (χ2n) is 2.34. The van der Waals surface area contributed by atoms with Crippen molar-refractivity contribution >= 4 is 15.9 Å². The summed E-state index contributed by atoms with van der Waals surface area (Å²) in [7, 11) is 0. The quantitative estimate of drug-likeness (QED) is 0.526. The maximum atomic E-state index is 10.9. The molecule has 0 radical (unpaired) electrons. The van der Waals surface area contributed by atoms with E-state index in [0.29, 0.717) is 10.9 Å². The van der Waals surface area contributed by atoms with Gasteiger partial charge >= 0.3 is 0 Å². The van der Waals surface area contributed by atoms with Crippen LogP contribution in [0.1, 0.15) is 11.1 Å². The van der Waals surface area contributed by atoms with E-state index < -0.39 is 0 Å². The van der Waals surface area contributed by atoms with Crippen molar-refractivity contribution in [3.8, 4) is 11.8 Å². The van der Waals surface area contributed by atoms with E-state index in [1.165, 1.54) is 0 Å². The summed E-state index contributed by atoms with van der Waals surface area (Å²) >= 11 is 3.19. The molecule has 62 valence electrons. The Morgan fingerprint density at radius 1 is 1.67 bits per heavy atom. The van der Waals surface area contributed by atoms with Crippen LogP contribution >= 0.6 is 15.9 Å². The molecule has 0 atom stereocenters. The number of aromatic amines is 1. The summed E-state index contributed by atoms with van der Waals surface area (Å²) in [5.41, 5.74) is 1.47. The highest BCUT2D eigenvalue weighted by atomic mass is 79.9. The highest BCUT2D eigenvalue weighted by Crippen LogP contribution is 1.94. The molecule has 2 nitrogen and oxygen atoms in total. The van der Waals surface area contributed by atoms with E-state index in [1.807, 2.05) is 0 Å². The minimum absolute atomic E-state index is 0.0561. The topological polar surface area (TPSA) is 32.9 Å². The zero-order valence-electron chi connectivity index (χ0n) is 6.65. The van der Waals surface area contributed by atoms with Crippen molar-refractivity contribution in [3.63, 3.8) is 0 Å². The lowest BCUT2D eigenvalue weighted by Crippen LogP contribution is -2.08. The van der Waals surface area contributed by atoms with Crippen molar-refractivity contribution in [2.45, 2.75) is 6.92 Å². The van der Waals surface area contributed by atoms with Crippen LogP contribution in [0, 0.1) is 18.8 Å². The summed E-state index contributed by atoms with van der Waals surface area (Å²) in [6.45, 7) is 1.76. The first-order chi connectivity index (χ1) is 5.74. The first kappa shape index (κ1) is 9.08. The number of rotatable bonds is 0. The Bertz CT molecular complexity index is 383. The van der Waals surface area contributed by atoms with Gasteiger partial charge in [-0.1, -0.05) is 27.8 Å². The molecule has 0 aromatic carbocycles. The number of nitrogens with one attached hydrogen (secondary N) is 1. The molecule has 1 heterocycles. The van der Waals surface area contributed by atoms with Crippen LogP contribution in [0.3, 0.4) is 0 Å². The van der Waals surface area contributed by atoms with Crippen LogP contribution in [0.4, 0.5) is 0 Å². The highest BCUT2D eigenvalue weighted by molar-refractivity contribution is 9.09. The largest absolute Gasteiger partial charge is 0.328 e. The van der Waals surface area contributed by atoms with Crippen LogP contribution in [0.5, 0.6) is 0 Å². The Kier molecular flexibility index (Phi) is 3.12. The minimum atomic E-state index is -0.0561. The van der Waals surface area contributed by atoms with Gasteiger partial charge in [-0.25, -0.2) is 0 Å². The molecule has 12 heavy (non-hydrogen) atoms. The molecule has 0 aliphatic carbocycles. The van der Waals surface area contributed by atoms with Gasteiger partial charge in [0.15, 0.2) is 0 Å². The van der Waals surface area contributed by atoms with Gasteiger partial charge in [-0.15, -0.1) is 0 Å². The second kappa shape index (κ2) is 4.13. The first-order valence-corrected chi connectivity index (χ1v) is 4.60. The lowest BCUT2D eigenvalue weighted by atomic mass is 10.2. The van der Waals surface area contributed by atoms with Gasteiger partial charge in [-0.05, 0) is 13.0 Å². The molecule has 1 aromatic rings. The van der Waals surface area contributed by atoms with Gasteiger partial charge in [0.25, 0.3) is 5.56 Å². The Balaban J connectivity index is 3.05. The zero-order valence-corrected chi connectivity index (χ0v) is 8.23. The molecule has 0 bridgehead atoms. The molecule has 0 saturated carbocycles. The summed E-state index contributed by atoms with van der Waals surface area (Å²) in [6, 6.07) is 1.77. The lowest BCUT2D eigenvalue weighted by molar-refractivity contribution is 1.17. The number of aromatic nitrogens is 1. The molecule has 0 fully saturated rings. The fourth-order valence-electron chi connectivity index (χ4n) is 0.805. The SMILES string of the molecule is Cc1cc(C#CCBr)c[nH]c1=O. The van der Waals surface area contributed by atoms with Gasteiger partial charge in [-0.2, -0.15) is 0 Å². The fraction of sp³-hybridized carbons (Fsp3) is 0.222. The van der Waals surface area contributed by atoms with Crippen molar-refractivity contribution in [3.05, 3.63) is 33.7 Å². The Hall–Kier alpha value is -1.01. The van der Waals surface area contributed by atoms with E-state index in [2.05, 4.69) is 32.8 Å². The summed E-state index contributed by atoms with van der Waals surface area (Å²) in [5, 5.41) is 0.644. The molecule has 1 aromatic heterocycles. The van der Waals surface area contributed by atoms with Crippen LogP contribution < -0.4 is 5.56 Å². The lowest BCUT2D eigenvalue weighted by Gasteiger charge is -1.91. The number of aryl methyl sites for hydroxylation is 1. The summed E-state index contributed by atoms with van der Waals surface area (Å²) in [5.74, 6) is 5.75. The Morgan fingerprint density at radius 3 is 3.00 bits per heavy atom. The molecule has 0 spiro atoms. The van der Waals surface area contributed by atoms with Crippen LogP contribution in [-0.2, 0) is 0 Å². The van der Waals surface area contributed by atoms with E-state index in [-0.39, 0.29) is 5.56 Å². The molecule has 0 amide bonds. The molecule has 1 N–H and O–H groups in total. The minimum Gasteiger partial charge on any atom is -0.328 e. The number of halogens is 1. The molecule has 0 aliphatic rings. The van der Waals surface area contributed by atoms with Gasteiger partial charge in [0.2, 0.25) is 0 Å². The van der Waals surface area contributed by atoms with E-state index >= 15 is 0 Å². The van der Waals surface area contributed by atoms with Gasteiger partial charge in [0, 0.05) is 17.3 Å². The van der Waals surface area contributed by atoms with Crippen molar-refractivity contribution < 1.29 is 0 Å². The zero-order chi connectivity index (χ0) is 8.97. The summed E-state index contributed by atoms with van der Waals surface area (Å²) in [4.78, 5) is 13.5. The fourth-order valence-corrected chi connectivity index (χ4v) is 0.945. The number of hydrogen-bond donors (Lipinski definition) is 1. The van der Waals surface area contributed by atoms with Gasteiger partial charge in [-0.3, -0.25) is 4.79 Å². The van der Waals surface area contributed by atoms with Crippen LogP contribution in [-0.4, -0.2) is 10.3 Å². The maximum absolute atomic E-state index is 10.9. The Labute approximate surface area is 79.1 Å². The van der Waals surface area contributed by atoms with E-state index in [1.54, 1.807) is 19.2 Å². The number of hydrogen-bond acceptors (Lipinski definition) is 1. The van der Waals surface area contributed by atoms with Crippen LogP contribution in [0.15, 0.2) is 17.1 Å². The number of H-pyrrole nitrogens is 1. The van der Waals surface area contributed by atoms with Crippen LogP contribution in [0.25, 0.3) is 0 Å². The van der Waals surface area contributed by atoms with Gasteiger partial charge in [0.05, 0.1) is 5.33 Å². The summed E-state index contributed by atoms with van der Waals surface area (Å²) in [6.07, 6.45) is 1.62. The predicted octanol–water partition coefficient (Wildman–Crippen LogP) is 1.43. The molecular weight excluding hydrogens is 218 g/mol. The smallest absolute Gasteiger partial charge is 0.250 e. The maximum Gasteiger partial charge on any atom is 0.250 e. The van der Waals surface area contributed by atoms with E-state index in [9.17, 15) is 4.79 Å². The monoisotopic (exact) mass is 225 g/mol. The van der Waals surface area contributed by atoms with E-state index in [0.717, 1.165) is 5.56 Å². The Morgan fingerprint density at radius 2 is 2.42 bits per heavy atom. The molecular formula is C9H8BrNO. The third-order valence-corrected chi connectivity index (χ3v) is 1.67. The third kappa shape index (κ3) is 2.24. The predicted molar refractivity (Wildman–Crippen MR) is 52.5 cm³/mol. The summed E-state index contributed by atoms with van der Waals surface area (Å²) < 4.78 is 0. The van der Waals surface area contributed by atoms with Gasteiger partial charge < -0.3 is 4.98 Å². The standard InChI is InChI=1S/C9H8BrNO/c1-7-5-8(3-2-4-10)6-11-9(7)12/h5-6H,4H2,1H3,(H,11,12). The molecule has 1 rings (SSSR count). The van der Waals surface area contributed by atoms with Crippen molar-refractivity contribution in [1.82, 2.24) is 4.98 Å². The molecule has 3 heteroatoms. The van der Waals surface area contributed by atoms with E-state index in [4.69, 9.17) is 0 Å². The third-order valence-electron chi connectivity index (χ3n) is 1.39. The normalized spacial score (nSPS) is 8.83. The highest BCUT2D eigenvalue weighted by Gasteiger charge is 1.92. The molecule has 0 unspecified atom stereocenters. The average Bonchev–Trinajstić information content (AvgIpc) is 2.07. The number of alkyl halides is 1. The second-order valence-corrected chi connectivity index (χ2v) is 2.90. The molecule has 0 saturated heterocycles. The molecule has 0 aliphatic heterocycles. The van der Waals surface area contributed by atoms with Gasteiger partial charge in [0.1, 0.15) is 0 Å². The first-order valence-electron chi connectivity index (χ1n) is 3.48. The van der Waals surface area contributed by atoms with Crippen LogP contribution in [0.2, 0.25) is 0 Å². The van der Waals surface area contributed by atoms with Crippen molar-refractivity contribution in [2.24, 2.45) is 0 Å². The average molecular weight is 226 g/mol. The van der Waals surface area contributed by atoms with Crippen molar-refractivity contribution in [1.29, 1.82) is 0 Å². The van der Waals surface area contributed by atoms with Crippen molar-refractivity contribution in [2.75, 3.05) is 5.33 Å². The number of pyridine rings is 1.